The molecule has 3 rings (SSSR count). The third kappa shape index (κ3) is 1.50. The zero-order valence-electron chi connectivity index (χ0n) is 16.1. The minimum Gasteiger partial charge on any atom is -0.468 e. The van der Waals surface area contributed by atoms with Crippen LogP contribution >= 0.6 is 0 Å². The molecule has 0 aromatic rings. The van der Waals surface area contributed by atoms with Crippen LogP contribution in [-0.2, 0) is 38.1 Å². The van der Waals surface area contributed by atoms with E-state index in [0.29, 0.717) is 0 Å². The van der Waals surface area contributed by atoms with Crippen LogP contribution in [0.5, 0.6) is 0 Å². The van der Waals surface area contributed by atoms with Crippen molar-refractivity contribution in [2.45, 2.75) is 20.3 Å². The fourth-order valence-corrected chi connectivity index (χ4v) is 5.92. The van der Waals surface area contributed by atoms with E-state index in [4.69, 9.17) is 18.9 Å². The van der Waals surface area contributed by atoms with E-state index in [0.717, 1.165) is 0 Å². The maximum Gasteiger partial charge on any atom is 0.334 e. The first kappa shape index (κ1) is 19.1. The van der Waals surface area contributed by atoms with Gasteiger partial charge in [0.2, 0.25) is 0 Å². The second kappa shape index (κ2) is 5.43. The summed E-state index contributed by atoms with van der Waals surface area (Å²) in [6.45, 7) is 3.47. The molecular weight excluding hydrogens is 356 g/mol. The van der Waals surface area contributed by atoms with Crippen molar-refractivity contribution in [3.8, 4) is 0 Å². The molecule has 0 heterocycles. The molecule has 2 unspecified atom stereocenters. The topological polar surface area (TPSA) is 105 Å². The monoisotopic (exact) mass is 378 g/mol. The van der Waals surface area contributed by atoms with Gasteiger partial charge in [-0.15, -0.1) is 0 Å². The summed E-state index contributed by atoms with van der Waals surface area (Å²) in [4.78, 5) is 51.0. The van der Waals surface area contributed by atoms with Crippen LogP contribution in [0.2, 0.25) is 0 Å². The Morgan fingerprint density at radius 3 is 1.41 bits per heavy atom. The SMILES string of the molecule is CCC12C(C(=O)OC)=CC3(C(=O)OC)C(C(=O)OC)(C=C1C(=O)OC)C23C. The fraction of sp³-hybridized carbons (Fsp3) is 0.579. The van der Waals surface area contributed by atoms with Gasteiger partial charge in [-0.1, -0.05) is 26.0 Å². The Morgan fingerprint density at radius 2 is 1.15 bits per heavy atom. The molecule has 0 aliphatic heterocycles. The van der Waals surface area contributed by atoms with Gasteiger partial charge in [0.1, 0.15) is 10.8 Å². The number of ether oxygens (including phenoxy) is 4. The van der Waals surface area contributed by atoms with Crippen LogP contribution in [0.15, 0.2) is 23.3 Å². The highest BCUT2D eigenvalue weighted by Gasteiger charge is 3.01. The number of carbonyl (C=O) groups excluding carboxylic acids is 4. The molecule has 0 bridgehead atoms. The molecular formula is C19H22O8. The zero-order valence-corrected chi connectivity index (χ0v) is 16.1. The maximum atomic E-state index is 12.9. The van der Waals surface area contributed by atoms with Gasteiger partial charge in [0.15, 0.2) is 0 Å². The van der Waals surface area contributed by atoms with Crippen LogP contribution < -0.4 is 0 Å². The van der Waals surface area contributed by atoms with E-state index in [1.54, 1.807) is 13.8 Å². The lowest BCUT2D eigenvalue weighted by Crippen LogP contribution is -2.39. The molecule has 8 nitrogen and oxygen atoms in total. The number of hydrogen-bond acceptors (Lipinski definition) is 8. The van der Waals surface area contributed by atoms with E-state index in [1.807, 2.05) is 0 Å². The summed E-state index contributed by atoms with van der Waals surface area (Å²) in [6.07, 6.45) is 3.12. The highest BCUT2D eigenvalue weighted by molar-refractivity contribution is 6.12. The molecule has 0 N–H and O–H groups in total. The normalized spacial score (nSPS) is 37.6. The molecule has 0 aromatic carbocycles. The van der Waals surface area contributed by atoms with Crippen molar-refractivity contribution in [3.63, 3.8) is 0 Å². The Balaban J connectivity index is 2.43. The van der Waals surface area contributed by atoms with Crippen LogP contribution in [0.25, 0.3) is 0 Å². The van der Waals surface area contributed by atoms with Gasteiger partial charge >= 0.3 is 23.9 Å². The second-order valence-corrected chi connectivity index (χ2v) is 7.08. The Morgan fingerprint density at radius 1 is 0.778 bits per heavy atom. The predicted molar refractivity (Wildman–Crippen MR) is 89.9 cm³/mol. The summed E-state index contributed by atoms with van der Waals surface area (Å²) in [5.74, 6) is -2.70. The molecule has 3 aliphatic rings. The van der Waals surface area contributed by atoms with Crippen molar-refractivity contribution < 1.29 is 38.1 Å². The quantitative estimate of drug-likeness (QED) is 0.514. The molecule has 8 heteroatoms. The second-order valence-electron chi connectivity index (χ2n) is 7.08. The van der Waals surface area contributed by atoms with Crippen LogP contribution in [0.3, 0.4) is 0 Å². The molecule has 0 aromatic heterocycles. The van der Waals surface area contributed by atoms with Crippen LogP contribution in [0, 0.1) is 21.7 Å². The molecule has 1 saturated carbocycles. The molecule has 1 fully saturated rings. The zero-order chi connectivity index (χ0) is 20.4. The van der Waals surface area contributed by atoms with Crippen molar-refractivity contribution in [3.05, 3.63) is 23.3 Å². The first-order valence-electron chi connectivity index (χ1n) is 8.48. The highest BCUT2D eigenvalue weighted by atomic mass is 16.5. The minimum absolute atomic E-state index is 0.147. The fourth-order valence-electron chi connectivity index (χ4n) is 5.92. The van der Waals surface area contributed by atoms with Gasteiger partial charge in [-0.2, -0.15) is 0 Å². The van der Waals surface area contributed by atoms with E-state index in [-0.39, 0.29) is 17.6 Å². The smallest absolute Gasteiger partial charge is 0.334 e. The van der Waals surface area contributed by atoms with E-state index < -0.39 is 45.5 Å². The van der Waals surface area contributed by atoms with Gasteiger partial charge in [-0.05, 0) is 6.42 Å². The molecule has 0 radical (unpaired) electrons. The summed E-state index contributed by atoms with van der Waals surface area (Å²) in [7, 11) is 4.85. The third-order valence-corrected chi connectivity index (χ3v) is 6.99. The summed E-state index contributed by atoms with van der Waals surface area (Å²) < 4.78 is 19.8. The van der Waals surface area contributed by atoms with Gasteiger partial charge in [-0.3, -0.25) is 9.59 Å². The molecule has 2 atom stereocenters. The number of hydrogen-bond donors (Lipinski definition) is 0. The first-order chi connectivity index (χ1) is 12.7. The molecule has 0 spiro atoms. The lowest BCUT2D eigenvalue weighted by molar-refractivity contribution is -0.153. The Kier molecular flexibility index (Phi) is 3.85. The lowest BCUT2D eigenvalue weighted by Gasteiger charge is -2.37. The predicted octanol–water partition coefficient (Wildman–Crippen LogP) is 0.947. The summed E-state index contributed by atoms with van der Waals surface area (Å²) in [5, 5.41) is 0. The number of methoxy groups -OCH3 is 4. The highest BCUT2D eigenvalue weighted by Crippen LogP contribution is 2.95. The van der Waals surface area contributed by atoms with Crippen molar-refractivity contribution in [2.75, 3.05) is 28.4 Å². The molecule has 27 heavy (non-hydrogen) atoms. The summed E-state index contributed by atoms with van der Waals surface area (Å²) in [5.41, 5.74) is -5.02. The first-order valence-corrected chi connectivity index (χ1v) is 8.48. The Hall–Kier alpha value is -2.64. The number of rotatable bonds is 5. The maximum absolute atomic E-state index is 12.9. The molecule has 3 aliphatic carbocycles. The lowest BCUT2D eigenvalue weighted by atomic mass is 9.64. The van der Waals surface area contributed by atoms with E-state index in [2.05, 4.69) is 0 Å². The number of esters is 4. The van der Waals surface area contributed by atoms with Crippen LogP contribution in [-0.4, -0.2) is 52.3 Å². The number of carbonyl (C=O) groups is 4. The average molecular weight is 378 g/mol. The standard InChI is InChI=1S/C19H22O8/c1-7-17-10(12(20)24-3)8-18(14(22)26-5)16(17,2)19(18,15(23)27-6)9-11(17)13(21)25-4/h8-9H,7H2,1-6H3. The Bertz CT molecular complexity index is 775. The molecule has 146 valence electrons. The van der Waals surface area contributed by atoms with Crippen LogP contribution in [0.1, 0.15) is 20.3 Å². The summed E-state index contributed by atoms with van der Waals surface area (Å²) in [6, 6.07) is 0. The molecule has 0 saturated heterocycles. The van der Waals surface area contributed by atoms with Gasteiger partial charge < -0.3 is 18.9 Å². The number of fused-ring (bicyclic) bond motifs is 1. The van der Waals surface area contributed by atoms with Crippen molar-refractivity contribution >= 4 is 23.9 Å². The van der Waals surface area contributed by atoms with Crippen LogP contribution in [0.4, 0.5) is 0 Å². The third-order valence-electron chi connectivity index (χ3n) is 6.99. The minimum atomic E-state index is -1.46. The van der Waals surface area contributed by atoms with Crippen molar-refractivity contribution in [2.24, 2.45) is 21.7 Å². The van der Waals surface area contributed by atoms with Gasteiger partial charge in [-0.25, -0.2) is 9.59 Å². The van der Waals surface area contributed by atoms with E-state index in [9.17, 15) is 19.2 Å². The van der Waals surface area contributed by atoms with Gasteiger partial charge in [0.05, 0.1) is 28.4 Å². The average Bonchev–Trinajstić information content (AvgIpc) is 2.96. The van der Waals surface area contributed by atoms with E-state index in [1.165, 1.54) is 40.6 Å². The molecule has 0 amide bonds. The van der Waals surface area contributed by atoms with Crippen molar-refractivity contribution in [1.82, 2.24) is 0 Å². The summed E-state index contributed by atoms with van der Waals surface area (Å²) >= 11 is 0. The van der Waals surface area contributed by atoms with E-state index >= 15 is 0 Å². The van der Waals surface area contributed by atoms with Gasteiger partial charge in [0.25, 0.3) is 0 Å². The Labute approximate surface area is 156 Å². The largest absolute Gasteiger partial charge is 0.468 e. The van der Waals surface area contributed by atoms with Gasteiger partial charge in [0, 0.05) is 22.0 Å². The van der Waals surface area contributed by atoms with Crippen molar-refractivity contribution in [1.29, 1.82) is 0 Å².